The summed E-state index contributed by atoms with van der Waals surface area (Å²) in [6, 6.07) is 0. The van der Waals surface area contributed by atoms with E-state index in [0.29, 0.717) is 23.7 Å². The highest BCUT2D eigenvalue weighted by molar-refractivity contribution is 7.16. The van der Waals surface area contributed by atoms with Crippen molar-refractivity contribution in [2.45, 2.75) is 40.8 Å². The first-order valence-electron chi connectivity index (χ1n) is 8.07. The Hall–Kier alpha value is -2.15. The SMILES string of the molecule is Cc1sc(NC(=O)C(C)C)c(C(=O)N2CCn3cncc3C2)c1C. The van der Waals surface area contributed by atoms with Crippen LogP contribution < -0.4 is 5.32 Å². The molecule has 0 aliphatic carbocycles. The first-order valence-corrected chi connectivity index (χ1v) is 8.89. The summed E-state index contributed by atoms with van der Waals surface area (Å²) in [5, 5.41) is 3.58. The van der Waals surface area contributed by atoms with Gasteiger partial charge in [0.05, 0.1) is 24.1 Å². The number of aryl methyl sites for hydroxylation is 1. The van der Waals surface area contributed by atoms with E-state index in [0.717, 1.165) is 22.7 Å². The Morgan fingerprint density at radius 1 is 1.29 bits per heavy atom. The molecule has 0 unspecified atom stereocenters. The predicted molar refractivity (Wildman–Crippen MR) is 94.2 cm³/mol. The van der Waals surface area contributed by atoms with Crippen LogP contribution in [-0.4, -0.2) is 32.8 Å². The van der Waals surface area contributed by atoms with Crippen molar-refractivity contribution < 1.29 is 9.59 Å². The molecule has 0 spiro atoms. The Morgan fingerprint density at radius 2 is 2.04 bits per heavy atom. The molecule has 1 aliphatic heterocycles. The summed E-state index contributed by atoms with van der Waals surface area (Å²) in [6.45, 7) is 9.55. The summed E-state index contributed by atoms with van der Waals surface area (Å²) in [5.41, 5.74) is 2.61. The molecule has 1 N–H and O–H groups in total. The van der Waals surface area contributed by atoms with Gasteiger partial charge in [0.15, 0.2) is 0 Å². The molecule has 0 atom stereocenters. The molecule has 3 rings (SSSR count). The van der Waals surface area contributed by atoms with Crippen LogP contribution in [0.3, 0.4) is 0 Å². The van der Waals surface area contributed by atoms with Crippen molar-refractivity contribution in [3.63, 3.8) is 0 Å². The Morgan fingerprint density at radius 3 is 2.75 bits per heavy atom. The molecular weight excluding hydrogens is 324 g/mol. The maximum Gasteiger partial charge on any atom is 0.257 e. The highest BCUT2D eigenvalue weighted by Gasteiger charge is 2.28. The summed E-state index contributed by atoms with van der Waals surface area (Å²) in [5.74, 6) is -0.217. The van der Waals surface area contributed by atoms with Gasteiger partial charge in [-0.3, -0.25) is 9.59 Å². The second-order valence-electron chi connectivity index (χ2n) is 6.44. The molecule has 0 aromatic carbocycles. The molecule has 0 fully saturated rings. The van der Waals surface area contributed by atoms with Gasteiger partial charge in [-0.1, -0.05) is 13.8 Å². The summed E-state index contributed by atoms with van der Waals surface area (Å²) in [6.07, 6.45) is 3.60. The minimum atomic E-state index is -0.125. The molecule has 0 bridgehead atoms. The third kappa shape index (κ3) is 2.96. The van der Waals surface area contributed by atoms with Gasteiger partial charge in [0.2, 0.25) is 5.91 Å². The van der Waals surface area contributed by atoms with Crippen LogP contribution in [0.25, 0.3) is 0 Å². The molecule has 2 amide bonds. The Kier molecular flexibility index (Phi) is 4.45. The van der Waals surface area contributed by atoms with Crippen LogP contribution in [0.15, 0.2) is 12.5 Å². The Balaban J connectivity index is 1.88. The third-order valence-electron chi connectivity index (χ3n) is 4.41. The maximum absolute atomic E-state index is 13.1. The number of hydrogen-bond acceptors (Lipinski definition) is 4. The van der Waals surface area contributed by atoms with Crippen molar-refractivity contribution in [1.29, 1.82) is 0 Å². The van der Waals surface area contributed by atoms with Gasteiger partial charge in [0, 0.05) is 30.1 Å². The number of aromatic nitrogens is 2. The second-order valence-corrected chi connectivity index (χ2v) is 7.66. The summed E-state index contributed by atoms with van der Waals surface area (Å²) in [7, 11) is 0. The molecular formula is C17H22N4O2S. The van der Waals surface area contributed by atoms with Gasteiger partial charge in [0.25, 0.3) is 5.91 Å². The minimum absolute atomic E-state index is 0.0247. The van der Waals surface area contributed by atoms with Gasteiger partial charge >= 0.3 is 0 Å². The lowest BCUT2D eigenvalue weighted by atomic mass is 10.1. The topological polar surface area (TPSA) is 67.2 Å². The minimum Gasteiger partial charge on any atom is -0.331 e. The van der Waals surface area contributed by atoms with Crippen molar-refractivity contribution in [3.05, 3.63) is 34.2 Å². The molecule has 0 saturated carbocycles. The number of hydrogen-bond donors (Lipinski definition) is 1. The molecule has 1 aliphatic rings. The highest BCUT2D eigenvalue weighted by atomic mass is 32.1. The molecule has 0 saturated heterocycles. The standard InChI is InChI=1S/C17H22N4O2S/c1-10(2)15(22)19-16-14(11(3)12(4)24-16)17(23)20-5-6-21-9-18-7-13(21)8-20/h7,9-10H,5-6,8H2,1-4H3,(H,19,22). The molecule has 7 heteroatoms. The first-order chi connectivity index (χ1) is 11.4. The van der Waals surface area contributed by atoms with Crippen LogP contribution in [0.5, 0.6) is 0 Å². The molecule has 2 aromatic rings. The van der Waals surface area contributed by atoms with E-state index in [1.807, 2.05) is 32.6 Å². The lowest BCUT2D eigenvalue weighted by Crippen LogP contribution is -2.38. The molecule has 6 nitrogen and oxygen atoms in total. The van der Waals surface area contributed by atoms with E-state index in [2.05, 4.69) is 14.9 Å². The summed E-state index contributed by atoms with van der Waals surface area (Å²) < 4.78 is 2.07. The zero-order chi connectivity index (χ0) is 17.4. The molecule has 24 heavy (non-hydrogen) atoms. The van der Waals surface area contributed by atoms with Gasteiger partial charge in [-0.25, -0.2) is 4.98 Å². The van der Waals surface area contributed by atoms with Gasteiger partial charge in [-0.2, -0.15) is 0 Å². The van der Waals surface area contributed by atoms with E-state index in [9.17, 15) is 9.59 Å². The number of nitrogens with zero attached hydrogens (tertiary/aromatic N) is 3. The number of carbonyl (C=O) groups is 2. The van der Waals surface area contributed by atoms with Crippen LogP contribution in [0, 0.1) is 19.8 Å². The first kappa shape index (κ1) is 16.7. The number of imidazole rings is 1. The van der Waals surface area contributed by atoms with Crippen molar-refractivity contribution in [1.82, 2.24) is 14.5 Å². The zero-order valence-corrected chi connectivity index (χ0v) is 15.2. The van der Waals surface area contributed by atoms with E-state index in [-0.39, 0.29) is 17.7 Å². The van der Waals surface area contributed by atoms with Gasteiger partial charge < -0.3 is 14.8 Å². The third-order valence-corrected chi connectivity index (χ3v) is 5.53. The van der Waals surface area contributed by atoms with Crippen LogP contribution in [0.1, 0.15) is 40.3 Å². The van der Waals surface area contributed by atoms with Crippen molar-refractivity contribution >= 4 is 28.2 Å². The summed E-state index contributed by atoms with van der Waals surface area (Å²) >= 11 is 1.47. The smallest absolute Gasteiger partial charge is 0.257 e. The largest absolute Gasteiger partial charge is 0.331 e. The van der Waals surface area contributed by atoms with Crippen LogP contribution in [0.2, 0.25) is 0 Å². The number of rotatable bonds is 3. The van der Waals surface area contributed by atoms with Crippen molar-refractivity contribution in [2.24, 2.45) is 5.92 Å². The number of carbonyl (C=O) groups excluding carboxylic acids is 2. The Bertz CT molecular complexity index is 791. The zero-order valence-electron chi connectivity index (χ0n) is 14.4. The molecule has 0 radical (unpaired) electrons. The fourth-order valence-corrected chi connectivity index (χ4v) is 3.80. The van der Waals surface area contributed by atoms with Crippen LogP contribution in [0.4, 0.5) is 5.00 Å². The predicted octanol–water partition coefficient (Wildman–Crippen LogP) is 2.81. The van der Waals surface area contributed by atoms with E-state index in [1.165, 1.54) is 11.3 Å². The van der Waals surface area contributed by atoms with Gasteiger partial charge in [-0.05, 0) is 19.4 Å². The number of fused-ring (bicyclic) bond motifs is 1. The lowest BCUT2D eigenvalue weighted by molar-refractivity contribution is -0.118. The van der Waals surface area contributed by atoms with Gasteiger partial charge in [0.1, 0.15) is 5.00 Å². The fraction of sp³-hybridized carbons (Fsp3) is 0.471. The van der Waals surface area contributed by atoms with Gasteiger partial charge in [-0.15, -0.1) is 11.3 Å². The van der Waals surface area contributed by atoms with Crippen molar-refractivity contribution in [2.75, 3.05) is 11.9 Å². The fourth-order valence-electron chi connectivity index (χ4n) is 2.74. The van der Waals surface area contributed by atoms with Crippen LogP contribution in [-0.2, 0) is 17.9 Å². The lowest BCUT2D eigenvalue weighted by Gasteiger charge is -2.28. The second kappa shape index (κ2) is 6.39. The molecule has 128 valence electrons. The van der Waals surface area contributed by atoms with Crippen molar-refractivity contribution in [3.8, 4) is 0 Å². The van der Waals surface area contributed by atoms with E-state index < -0.39 is 0 Å². The molecule has 2 aromatic heterocycles. The van der Waals surface area contributed by atoms with E-state index >= 15 is 0 Å². The quantitative estimate of drug-likeness (QED) is 0.929. The van der Waals surface area contributed by atoms with E-state index in [4.69, 9.17) is 0 Å². The highest BCUT2D eigenvalue weighted by Crippen LogP contribution is 2.34. The molecule has 3 heterocycles. The normalized spacial score (nSPS) is 14.0. The maximum atomic E-state index is 13.1. The van der Waals surface area contributed by atoms with Crippen LogP contribution >= 0.6 is 11.3 Å². The number of nitrogens with one attached hydrogen (secondary N) is 1. The van der Waals surface area contributed by atoms with E-state index in [1.54, 1.807) is 12.5 Å². The number of amides is 2. The monoisotopic (exact) mass is 346 g/mol. The number of thiophene rings is 1. The average Bonchev–Trinajstić information content (AvgIpc) is 3.11. The Labute approximate surface area is 145 Å². The average molecular weight is 346 g/mol. The number of anilines is 1. The summed E-state index contributed by atoms with van der Waals surface area (Å²) in [4.78, 5) is 32.2.